The number of ether oxygens (including phenoxy) is 1. The minimum Gasteiger partial charge on any atom is -0.480 e. The van der Waals surface area contributed by atoms with Crippen LogP contribution >= 0.6 is 0 Å². The molecule has 1 atom stereocenters. The zero-order chi connectivity index (χ0) is 25.2. The van der Waals surface area contributed by atoms with Gasteiger partial charge in [0.15, 0.2) is 0 Å². The summed E-state index contributed by atoms with van der Waals surface area (Å²) in [6, 6.07) is 14.0. The van der Waals surface area contributed by atoms with Crippen molar-refractivity contribution in [1.82, 2.24) is 15.5 Å². The maximum atomic E-state index is 13.5. The van der Waals surface area contributed by atoms with Crippen LogP contribution in [0.25, 0.3) is 11.1 Å². The molecule has 0 spiro atoms. The third-order valence-electron chi connectivity index (χ3n) is 6.05. The molecule has 2 aliphatic rings. The number of carbonyl (C=O) groups is 4. The second-order valence-corrected chi connectivity index (χ2v) is 8.39. The van der Waals surface area contributed by atoms with Gasteiger partial charge in [-0.25, -0.2) is 18.4 Å². The molecule has 0 aromatic heterocycles. The van der Waals surface area contributed by atoms with Gasteiger partial charge < -0.3 is 25.4 Å². The van der Waals surface area contributed by atoms with Gasteiger partial charge in [0, 0.05) is 12.3 Å². The summed E-state index contributed by atoms with van der Waals surface area (Å²) >= 11 is 0. The number of nitrogens with one attached hydrogen (secondary N) is 2. The van der Waals surface area contributed by atoms with Crippen molar-refractivity contribution in [3.05, 3.63) is 59.7 Å². The molecule has 9 nitrogen and oxygen atoms in total. The quantitative estimate of drug-likeness (QED) is 0.549. The van der Waals surface area contributed by atoms with Crippen LogP contribution in [0, 0.1) is 0 Å². The molecule has 0 saturated carbocycles. The second kappa shape index (κ2) is 9.69. The first-order valence-electron chi connectivity index (χ1n) is 10.9. The van der Waals surface area contributed by atoms with Crippen molar-refractivity contribution in [1.29, 1.82) is 0 Å². The summed E-state index contributed by atoms with van der Waals surface area (Å²) < 4.78 is 32.3. The predicted octanol–water partition coefficient (Wildman–Crippen LogP) is 1.96. The number of hydrogen-bond donors (Lipinski definition) is 3. The summed E-state index contributed by atoms with van der Waals surface area (Å²) in [6.07, 6.45) is -1.82. The molecule has 184 valence electrons. The Morgan fingerprint density at radius 2 is 1.57 bits per heavy atom. The molecular formula is C24H23F2N3O6. The van der Waals surface area contributed by atoms with E-state index in [0.29, 0.717) is 4.90 Å². The molecule has 1 heterocycles. The van der Waals surface area contributed by atoms with Gasteiger partial charge in [0.05, 0.1) is 13.1 Å². The molecule has 11 heteroatoms. The van der Waals surface area contributed by atoms with E-state index >= 15 is 0 Å². The Labute approximate surface area is 199 Å². The van der Waals surface area contributed by atoms with E-state index in [0.717, 1.165) is 22.3 Å². The largest absolute Gasteiger partial charge is 0.480 e. The second-order valence-electron chi connectivity index (χ2n) is 8.39. The van der Waals surface area contributed by atoms with Gasteiger partial charge in [-0.15, -0.1) is 0 Å². The molecule has 35 heavy (non-hydrogen) atoms. The highest BCUT2D eigenvalue weighted by atomic mass is 19.3. The number of amides is 3. The smallest absolute Gasteiger partial charge is 0.407 e. The van der Waals surface area contributed by atoms with Crippen molar-refractivity contribution in [2.45, 2.75) is 24.3 Å². The number of rotatable bonds is 7. The number of nitrogens with zero attached hydrogens (tertiary/aromatic N) is 1. The minimum atomic E-state index is -3.31. The normalized spacial score (nSPS) is 17.9. The fraction of sp³-hybridized carbons (Fsp3) is 0.333. The molecule has 3 N–H and O–H groups in total. The van der Waals surface area contributed by atoms with Crippen molar-refractivity contribution in [2.75, 3.05) is 26.2 Å². The first kappa shape index (κ1) is 24.1. The number of aliphatic carboxylic acids is 1. The lowest BCUT2D eigenvalue weighted by molar-refractivity contribution is -0.148. The molecular weight excluding hydrogens is 464 g/mol. The van der Waals surface area contributed by atoms with E-state index in [4.69, 9.17) is 9.84 Å². The van der Waals surface area contributed by atoms with E-state index in [-0.39, 0.29) is 12.5 Å². The Hall–Kier alpha value is -4.02. The van der Waals surface area contributed by atoms with Gasteiger partial charge >= 0.3 is 12.1 Å². The summed E-state index contributed by atoms with van der Waals surface area (Å²) in [5.41, 5.74) is 4.21. The van der Waals surface area contributed by atoms with Crippen LogP contribution in [0.5, 0.6) is 0 Å². The monoisotopic (exact) mass is 487 g/mol. The predicted molar refractivity (Wildman–Crippen MR) is 119 cm³/mol. The van der Waals surface area contributed by atoms with Crippen LogP contribution in [0.15, 0.2) is 48.5 Å². The summed E-state index contributed by atoms with van der Waals surface area (Å²) in [5.74, 6) is -6.72. The maximum absolute atomic E-state index is 13.5. The number of halogens is 2. The Morgan fingerprint density at radius 3 is 2.17 bits per heavy atom. The van der Waals surface area contributed by atoms with E-state index in [1.54, 1.807) is 0 Å². The molecule has 1 unspecified atom stereocenters. The number of carboxylic acid groups (broad SMARTS) is 1. The summed E-state index contributed by atoms with van der Waals surface area (Å²) in [4.78, 5) is 47.9. The van der Waals surface area contributed by atoms with Gasteiger partial charge in [-0.05, 0) is 22.3 Å². The lowest BCUT2D eigenvalue weighted by Gasteiger charge is -2.21. The van der Waals surface area contributed by atoms with Crippen molar-refractivity contribution >= 4 is 23.9 Å². The number of carbonyl (C=O) groups excluding carboxylic acids is 3. The zero-order valence-corrected chi connectivity index (χ0v) is 18.5. The van der Waals surface area contributed by atoms with Crippen LogP contribution in [-0.4, -0.2) is 72.1 Å². The lowest BCUT2D eigenvalue weighted by Crippen LogP contribution is -2.47. The Balaban J connectivity index is 1.24. The minimum absolute atomic E-state index is 0.0553. The Bertz CT molecular complexity index is 1130. The molecule has 2 aromatic rings. The molecule has 3 amide bonds. The molecule has 1 fully saturated rings. The highest BCUT2D eigenvalue weighted by Gasteiger charge is 2.50. The van der Waals surface area contributed by atoms with Crippen molar-refractivity contribution in [3.8, 4) is 11.1 Å². The van der Waals surface area contributed by atoms with Crippen LogP contribution in [0.4, 0.5) is 13.6 Å². The first-order valence-corrected chi connectivity index (χ1v) is 10.9. The Kier molecular flexibility index (Phi) is 6.68. The van der Waals surface area contributed by atoms with Crippen LogP contribution in [0.3, 0.4) is 0 Å². The number of alkyl carbamates (subject to hydrolysis) is 1. The van der Waals surface area contributed by atoms with Crippen LogP contribution in [0.2, 0.25) is 0 Å². The number of carboxylic acids is 1. The van der Waals surface area contributed by atoms with E-state index in [1.807, 2.05) is 48.5 Å². The average molecular weight is 487 g/mol. The van der Waals surface area contributed by atoms with Gasteiger partial charge in [-0.2, -0.15) is 0 Å². The van der Waals surface area contributed by atoms with Crippen molar-refractivity contribution < 1.29 is 37.8 Å². The molecule has 4 rings (SSSR count). The maximum Gasteiger partial charge on any atom is 0.407 e. The fourth-order valence-corrected chi connectivity index (χ4v) is 4.44. The van der Waals surface area contributed by atoms with Gasteiger partial charge in [0.2, 0.25) is 11.8 Å². The van der Waals surface area contributed by atoms with Crippen LogP contribution < -0.4 is 10.6 Å². The number of alkyl halides is 2. The van der Waals surface area contributed by atoms with Crippen molar-refractivity contribution in [3.63, 3.8) is 0 Å². The van der Waals surface area contributed by atoms with Crippen molar-refractivity contribution in [2.24, 2.45) is 0 Å². The molecule has 1 aliphatic carbocycles. The zero-order valence-electron chi connectivity index (χ0n) is 18.5. The lowest BCUT2D eigenvalue weighted by atomic mass is 9.98. The van der Waals surface area contributed by atoms with Crippen LogP contribution in [0.1, 0.15) is 23.5 Å². The number of benzene rings is 2. The van der Waals surface area contributed by atoms with Gasteiger partial charge in [0.1, 0.15) is 19.2 Å². The molecule has 0 bridgehead atoms. The summed E-state index contributed by atoms with van der Waals surface area (Å²) in [7, 11) is 0. The van der Waals surface area contributed by atoms with Crippen LogP contribution in [-0.2, 0) is 19.1 Å². The van der Waals surface area contributed by atoms with E-state index < -0.39 is 61.9 Å². The molecule has 1 saturated heterocycles. The first-order chi connectivity index (χ1) is 16.7. The van der Waals surface area contributed by atoms with E-state index in [1.165, 1.54) is 0 Å². The number of fused-ring (bicyclic) bond motifs is 3. The van der Waals surface area contributed by atoms with Gasteiger partial charge in [-0.1, -0.05) is 48.5 Å². The topological polar surface area (TPSA) is 125 Å². The molecule has 2 aromatic carbocycles. The highest BCUT2D eigenvalue weighted by molar-refractivity contribution is 5.90. The third-order valence-corrected chi connectivity index (χ3v) is 6.05. The highest BCUT2D eigenvalue weighted by Crippen LogP contribution is 2.44. The SMILES string of the molecule is O=C(CNC(=O)OCC1c2ccccc2-c2ccccc21)NCC(=O)N1CC(F)(F)CC1C(=O)O. The standard InChI is InChI=1S/C24H23F2N3O6/c25-24(26)9-19(22(32)33)29(13-24)21(31)11-27-20(30)10-28-23(34)35-12-18-16-7-3-1-5-14(16)15-6-2-4-8-17(15)18/h1-8,18-19H,9-13H2,(H,27,30)(H,28,34)(H,32,33). The Morgan fingerprint density at radius 1 is 0.971 bits per heavy atom. The third kappa shape index (κ3) is 5.23. The molecule has 0 radical (unpaired) electrons. The van der Waals surface area contributed by atoms with Gasteiger partial charge in [0.25, 0.3) is 5.92 Å². The van der Waals surface area contributed by atoms with E-state index in [2.05, 4.69) is 10.6 Å². The molecule has 1 aliphatic heterocycles. The van der Waals surface area contributed by atoms with Gasteiger partial charge in [-0.3, -0.25) is 9.59 Å². The summed E-state index contributed by atoms with van der Waals surface area (Å²) in [6.45, 7) is -2.16. The number of likely N-dealkylation sites (tertiary alicyclic amines) is 1. The van der Waals surface area contributed by atoms with E-state index in [9.17, 15) is 28.0 Å². The number of hydrogen-bond acceptors (Lipinski definition) is 5. The summed E-state index contributed by atoms with van der Waals surface area (Å²) in [5, 5.41) is 13.5. The average Bonchev–Trinajstić information content (AvgIpc) is 3.34. The fourth-order valence-electron chi connectivity index (χ4n) is 4.44.